The van der Waals surface area contributed by atoms with Crippen LogP contribution in [-0.4, -0.2) is 74.8 Å². The summed E-state index contributed by atoms with van der Waals surface area (Å²) in [7, 11) is -1.22. The van der Waals surface area contributed by atoms with E-state index in [9.17, 15) is 32.2 Å². The lowest BCUT2D eigenvalue weighted by molar-refractivity contribution is -0.0407. The van der Waals surface area contributed by atoms with E-state index in [-0.39, 0.29) is 30.3 Å². The van der Waals surface area contributed by atoms with Crippen LogP contribution in [0.1, 0.15) is 16.1 Å². The second-order valence-corrected chi connectivity index (χ2v) is 8.83. The monoisotopic (exact) mass is 463 g/mol. The van der Waals surface area contributed by atoms with Crippen LogP contribution in [0, 0.1) is 11.6 Å². The van der Waals surface area contributed by atoms with Crippen molar-refractivity contribution in [2.24, 2.45) is 0 Å². The highest BCUT2D eigenvalue weighted by atomic mass is 32.2. The molecular weight excluding hydrogens is 440 g/mol. The Kier molecular flexibility index (Phi) is 8.06. The van der Waals surface area contributed by atoms with Crippen LogP contribution in [0.5, 0.6) is 0 Å². The third-order valence-electron chi connectivity index (χ3n) is 4.33. The Morgan fingerprint density at radius 3 is 2.45 bits per heavy atom. The summed E-state index contributed by atoms with van der Waals surface area (Å²) in [5.74, 6) is -2.57. The summed E-state index contributed by atoms with van der Waals surface area (Å²) in [6.45, 7) is -0.266. The van der Waals surface area contributed by atoms with Crippen molar-refractivity contribution < 1.29 is 41.4 Å². The molecule has 2 aromatic rings. The molecule has 0 spiro atoms. The quantitative estimate of drug-likeness (QED) is 0.449. The zero-order chi connectivity index (χ0) is 23.3. The second kappa shape index (κ2) is 10.1. The van der Waals surface area contributed by atoms with E-state index in [1.807, 2.05) is 0 Å². The lowest BCUT2D eigenvalue weighted by atomic mass is 9.97. The predicted octanol–water partition coefficient (Wildman–Crippen LogP) is 0.0579. The Morgan fingerprint density at radius 1 is 1.29 bits per heavy atom. The van der Waals surface area contributed by atoms with E-state index in [0.29, 0.717) is 10.4 Å². The molecule has 31 heavy (non-hydrogen) atoms. The lowest BCUT2D eigenvalue weighted by Gasteiger charge is -2.27. The average molecular weight is 463 g/mol. The fraction of sp³-hybridized carbons (Fsp3) is 0.444. The van der Waals surface area contributed by atoms with Gasteiger partial charge in [0.2, 0.25) is 10.0 Å². The average Bonchev–Trinajstić information content (AvgIpc) is 3.15. The van der Waals surface area contributed by atoms with Crippen LogP contribution in [0.3, 0.4) is 0 Å². The number of ether oxygens (including phenoxy) is 1. The lowest BCUT2D eigenvalue weighted by Crippen LogP contribution is -2.51. The molecule has 0 saturated heterocycles. The Balaban J connectivity index is 2.25. The molecule has 3 N–H and O–H groups in total. The molecule has 0 aliphatic carbocycles. The number of benzene rings is 1. The number of hydrogen-bond acceptors (Lipinski definition) is 8. The van der Waals surface area contributed by atoms with E-state index in [4.69, 9.17) is 9.15 Å². The summed E-state index contributed by atoms with van der Waals surface area (Å²) in [6.07, 6.45) is -1.41. The smallest absolute Gasteiger partial charge is 0.311 e. The van der Waals surface area contributed by atoms with Gasteiger partial charge in [0.15, 0.2) is 5.69 Å². The first kappa shape index (κ1) is 24.7. The number of nitrogens with zero attached hydrogens (tertiary/aromatic N) is 2. The molecule has 13 heteroatoms. The fourth-order valence-electron chi connectivity index (χ4n) is 2.67. The van der Waals surface area contributed by atoms with Gasteiger partial charge >= 0.3 is 6.01 Å². The number of halogens is 2. The summed E-state index contributed by atoms with van der Waals surface area (Å²) < 4.78 is 60.7. The van der Waals surface area contributed by atoms with Crippen LogP contribution in [0.15, 0.2) is 28.9 Å². The highest BCUT2D eigenvalue weighted by Crippen LogP contribution is 2.17. The van der Waals surface area contributed by atoms with E-state index < -0.39 is 45.8 Å². The molecule has 172 valence electrons. The minimum absolute atomic E-state index is 0.115. The number of aliphatic hydroxyl groups excluding tert-OH is 2. The Hall–Kier alpha value is -2.61. The second-order valence-electron chi connectivity index (χ2n) is 6.82. The van der Waals surface area contributed by atoms with Crippen LogP contribution in [-0.2, 0) is 21.2 Å². The predicted molar refractivity (Wildman–Crippen MR) is 105 cm³/mol. The summed E-state index contributed by atoms with van der Waals surface area (Å²) >= 11 is 0. The third-order valence-corrected chi connectivity index (χ3v) is 5.48. The molecule has 1 amide bonds. The minimum atomic E-state index is -3.68. The van der Waals surface area contributed by atoms with Gasteiger partial charge in [0.1, 0.15) is 30.1 Å². The molecule has 0 bridgehead atoms. The molecule has 2 rings (SSSR count). The van der Waals surface area contributed by atoms with Gasteiger partial charge < -0.3 is 24.7 Å². The van der Waals surface area contributed by atoms with Gasteiger partial charge in [-0.05, 0) is 24.1 Å². The van der Waals surface area contributed by atoms with Gasteiger partial charge in [0, 0.05) is 20.2 Å². The molecule has 1 heterocycles. The van der Waals surface area contributed by atoms with Crippen molar-refractivity contribution in [3.8, 4) is 0 Å². The molecule has 0 saturated carbocycles. The SMILES string of the molecule is COCC(O)C(O)C(Cc1cc(F)cc(F)c1)NC(=O)c1coc(N(C)S(C)(=O)=O)n1. The molecule has 3 unspecified atom stereocenters. The van der Waals surface area contributed by atoms with Crippen LogP contribution in [0.2, 0.25) is 0 Å². The number of sulfonamides is 1. The Bertz CT molecular complexity index is 995. The van der Waals surface area contributed by atoms with Gasteiger partial charge in [-0.3, -0.25) is 4.79 Å². The molecule has 10 nitrogen and oxygen atoms in total. The molecule has 0 aliphatic heterocycles. The highest BCUT2D eigenvalue weighted by molar-refractivity contribution is 7.92. The normalized spacial score (nSPS) is 14.7. The molecule has 1 aromatic carbocycles. The molecule has 0 aliphatic rings. The first-order valence-corrected chi connectivity index (χ1v) is 10.8. The van der Waals surface area contributed by atoms with Gasteiger partial charge in [0.05, 0.1) is 18.9 Å². The number of aromatic nitrogens is 1. The standard InChI is InChI=1S/C18H23F2N3O7S/c1-23(31(3,27)28)18-22-14(8-30-18)17(26)21-13(16(25)15(24)9-29-2)6-10-4-11(19)7-12(20)5-10/h4-5,7-8,13,15-16,24-25H,6,9H2,1-3H3,(H,21,26). The van der Waals surface area contributed by atoms with Gasteiger partial charge in [-0.2, -0.15) is 4.98 Å². The number of carbonyl (C=O) groups is 1. The number of carbonyl (C=O) groups excluding carboxylic acids is 1. The van der Waals surface area contributed by atoms with Crippen molar-refractivity contribution in [1.29, 1.82) is 0 Å². The number of hydrogen-bond donors (Lipinski definition) is 3. The van der Waals surface area contributed by atoms with Gasteiger partial charge in [0.25, 0.3) is 5.91 Å². The summed E-state index contributed by atoms with van der Waals surface area (Å²) in [6, 6.07) is 1.14. The van der Waals surface area contributed by atoms with E-state index in [0.717, 1.165) is 24.7 Å². The largest absolute Gasteiger partial charge is 0.430 e. The fourth-order valence-corrected chi connectivity index (χ4v) is 3.04. The highest BCUT2D eigenvalue weighted by Gasteiger charge is 2.30. The van der Waals surface area contributed by atoms with Crippen molar-refractivity contribution >= 4 is 21.9 Å². The maximum atomic E-state index is 13.5. The van der Waals surface area contributed by atoms with Crippen molar-refractivity contribution in [2.45, 2.75) is 24.7 Å². The van der Waals surface area contributed by atoms with E-state index in [1.54, 1.807) is 0 Å². The van der Waals surface area contributed by atoms with E-state index in [2.05, 4.69) is 10.3 Å². The molecule has 1 aromatic heterocycles. The van der Waals surface area contributed by atoms with E-state index >= 15 is 0 Å². The van der Waals surface area contributed by atoms with Gasteiger partial charge in [-0.25, -0.2) is 21.5 Å². The molecule has 0 radical (unpaired) electrons. The van der Waals surface area contributed by atoms with Crippen LogP contribution in [0.25, 0.3) is 0 Å². The topological polar surface area (TPSA) is 142 Å². The minimum Gasteiger partial charge on any atom is -0.430 e. The van der Waals surface area contributed by atoms with Crippen molar-refractivity contribution in [3.63, 3.8) is 0 Å². The Morgan fingerprint density at radius 2 is 1.90 bits per heavy atom. The van der Waals surface area contributed by atoms with E-state index in [1.165, 1.54) is 14.2 Å². The first-order valence-electron chi connectivity index (χ1n) is 8.92. The summed E-state index contributed by atoms with van der Waals surface area (Å²) in [5.41, 5.74) is -0.196. The van der Waals surface area contributed by atoms with Crippen molar-refractivity contribution in [1.82, 2.24) is 10.3 Å². The first-order chi connectivity index (χ1) is 14.4. The number of oxazole rings is 1. The van der Waals surface area contributed by atoms with Crippen LogP contribution >= 0.6 is 0 Å². The molecule has 3 atom stereocenters. The zero-order valence-corrected chi connectivity index (χ0v) is 17.8. The number of methoxy groups -OCH3 is 1. The summed E-state index contributed by atoms with van der Waals surface area (Å²) in [4.78, 5) is 16.4. The van der Waals surface area contributed by atoms with Crippen LogP contribution < -0.4 is 9.62 Å². The van der Waals surface area contributed by atoms with Crippen molar-refractivity contribution in [3.05, 3.63) is 47.4 Å². The number of rotatable bonds is 10. The number of nitrogens with one attached hydrogen (secondary N) is 1. The molecule has 0 fully saturated rings. The van der Waals surface area contributed by atoms with Gasteiger partial charge in [-0.15, -0.1) is 0 Å². The summed E-state index contributed by atoms with van der Waals surface area (Å²) in [5, 5.41) is 22.9. The number of aliphatic hydroxyl groups is 2. The number of amides is 1. The number of anilines is 1. The molecular formula is C18H23F2N3O7S. The maximum absolute atomic E-state index is 13.5. The zero-order valence-electron chi connectivity index (χ0n) is 16.9. The van der Waals surface area contributed by atoms with Crippen LogP contribution in [0.4, 0.5) is 14.8 Å². The third kappa shape index (κ3) is 6.69. The maximum Gasteiger partial charge on any atom is 0.311 e. The van der Waals surface area contributed by atoms with Gasteiger partial charge in [-0.1, -0.05) is 0 Å². The van der Waals surface area contributed by atoms with Crippen molar-refractivity contribution in [2.75, 3.05) is 31.3 Å². The Labute approximate surface area is 177 Å².